The van der Waals surface area contributed by atoms with E-state index in [0.717, 1.165) is 27.8 Å². The SMILES string of the molecule is S=C1N[C@@H](c2ccccn2)[C@@H](c2cccn2Cc2ccco2)N1Cc1ccncc1. The Morgan fingerprint density at radius 3 is 2.63 bits per heavy atom. The molecule has 4 aromatic rings. The number of nitrogens with one attached hydrogen (secondary N) is 1. The largest absolute Gasteiger partial charge is 0.467 e. The average molecular weight is 416 g/mol. The predicted octanol–water partition coefficient (Wildman–Crippen LogP) is 4.09. The molecule has 1 N–H and O–H groups in total. The van der Waals surface area contributed by atoms with Crippen molar-refractivity contribution in [2.24, 2.45) is 0 Å². The average Bonchev–Trinajstić information content (AvgIpc) is 3.52. The van der Waals surface area contributed by atoms with Crippen LogP contribution in [0.15, 0.2) is 90.1 Å². The van der Waals surface area contributed by atoms with Crippen LogP contribution < -0.4 is 5.32 Å². The van der Waals surface area contributed by atoms with E-state index in [1.807, 2.05) is 61.1 Å². The number of nitrogens with zero attached hydrogens (tertiary/aromatic N) is 4. The van der Waals surface area contributed by atoms with Gasteiger partial charge in [0.1, 0.15) is 5.76 Å². The van der Waals surface area contributed by atoms with Crippen molar-refractivity contribution in [3.63, 3.8) is 0 Å². The molecule has 1 aliphatic rings. The molecule has 1 fully saturated rings. The molecule has 0 spiro atoms. The first-order chi connectivity index (χ1) is 14.8. The predicted molar refractivity (Wildman–Crippen MR) is 117 cm³/mol. The minimum atomic E-state index is -0.0502. The van der Waals surface area contributed by atoms with Crippen LogP contribution in [0.5, 0.6) is 0 Å². The lowest BCUT2D eigenvalue weighted by molar-refractivity contribution is 0.296. The second-order valence-electron chi connectivity index (χ2n) is 7.25. The van der Waals surface area contributed by atoms with E-state index in [4.69, 9.17) is 16.6 Å². The molecule has 0 unspecified atom stereocenters. The second kappa shape index (κ2) is 8.12. The minimum Gasteiger partial charge on any atom is -0.467 e. The van der Waals surface area contributed by atoms with Crippen LogP contribution in [-0.2, 0) is 13.1 Å². The molecule has 5 heterocycles. The molecule has 2 atom stereocenters. The molecule has 1 saturated heterocycles. The van der Waals surface area contributed by atoms with Gasteiger partial charge in [-0.25, -0.2) is 0 Å². The van der Waals surface area contributed by atoms with E-state index in [2.05, 4.69) is 43.1 Å². The van der Waals surface area contributed by atoms with Crippen LogP contribution in [-0.4, -0.2) is 24.5 Å². The summed E-state index contributed by atoms with van der Waals surface area (Å²) in [4.78, 5) is 11.0. The van der Waals surface area contributed by atoms with Crippen molar-refractivity contribution in [3.05, 3.63) is 108 Å². The number of pyridine rings is 2. The van der Waals surface area contributed by atoms with Gasteiger partial charge in [0.15, 0.2) is 5.11 Å². The van der Waals surface area contributed by atoms with Gasteiger partial charge in [0, 0.05) is 37.0 Å². The smallest absolute Gasteiger partial charge is 0.170 e. The Kier molecular flexibility index (Phi) is 5.03. The highest BCUT2D eigenvalue weighted by atomic mass is 32.1. The molecule has 0 aliphatic carbocycles. The van der Waals surface area contributed by atoms with Gasteiger partial charge in [0.25, 0.3) is 0 Å². The summed E-state index contributed by atoms with van der Waals surface area (Å²) in [6.07, 6.45) is 9.24. The van der Waals surface area contributed by atoms with Gasteiger partial charge in [-0.05, 0) is 66.3 Å². The summed E-state index contributed by atoms with van der Waals surface area (Å²) in [5.41, 5.74) is 3.28. The molecule has 0 bridgehead atoms. The molecule has 4 aromatic heterocycles. The Hall–Kier alpha value is -3.45. The summed E-state index contributed by atoms with van der Waals surface area (Å²) < 4.78 is 7.80. The highest BCUT2D eigenvalue weighted by molar-refractivity contribution is 7.80. The van der Waals surface area contributed by atoms with Gasteiger partial charge in [-0.1, -0.05) is 6.07 Å². The van der Waals surface area contributed by atoms with Gasteiger partial charge >= 0.3 is 0 Å². The zero-order valence-electron chi connectivity index (χ0n) is 16.3. The molecular weight excluding hydrogens is 394 g/mol. The van der Waals surface area contributed by atoms with Gasteiger partial charge in [0.2, 0.25) is 0 Å². The number of aromatic nitrogens is 3. The van der Waals surface area contributed by atoms with E-state index >= 15 is 0 Å². The Morgan fingerprint density at radius 2 is 1.87 bits per heavy atom. The Morgan fingerprint density at radius 1 is 0.967 bits per heavy atom. The molecule has 0 saturated carbocycles. The van der Waals surface area contributed by atoms with Crippen LogP contribution in [0.3, 0.4) is 0 Å². The summed E-state index contributed by atoms with van der Waals surface area (Å²) in [6, 6.07) is 18.1. The molecule has 0 amide bonds. The topological polar surface area (TPSA) is 59.1 Å². The molecule has 1 aliphatic heterocycles. The number of thiocarbonyl (C=S) groups is 1. The van der Waals surface area contributed by atoms with E-state index in [1.165, 1.54) is 0 Å². The summed E-state index contributed by atoms with van der Waals surface area (Å²) in [5.74, 6) is 0.913. The minimum absolute atomic E-state index is 0.00877. The monoisotopic (exact) mass is 415 g/mol. The van der Waals surface area contributed by atoms with E-state index in [9.17, 15) is 0 Å². The first-order valence-corrected chi connectivity index (χ1v) is 10.2. The highest BCUT2D eigenvalue weighted by Gasteiger charge is 2.41. The molecule has 5 rings (SSSR count). The zero-order chi connectivity index (χ0) is 20.3. The lowest BCUT2D eigenvalue weighted by Crippen LogP contribution is -2.30. The number of hydrogen-bond acceptors (Lipinski definition) is 4. The van der Waals surface area contributed by atoms with Crippen LogP contribution in [0, 0.1) is 0 Å². The van der Waals surface area contributed by atoms with Gasteiger partial charge in [-0.3, -0.25) is 9.97 Å². The van der Waals surface area contributed by atoms with Crippen molar-refractivity contribution in [1.82, 2.24) is 24.8 Å². The molecule has 30 heavy (non-hydrogen) atoms. The molecule has 0 radical (unpaired) electrons. The maximum Gasteiger partial charge on any atom is 0.170 e. The lowest BCUT2D eigenvalue weighted by atomic mass is 10.0. The summed E-state index contributed by atoms with van der Waals surface area (Å²) in [5, 5.41) is 4.23. The van der Waals surface area contributed by atoms with Crippen LogP contribution in [0.2, 0.25) is 0 Å². The lowest BCUT2D eigenvalue weighted by Gasteiger charge is -2.29. The maximum atomic E-state index is 5.77. The van der Waals surface area contributed by atoms with E-state index in [0.29, 0.717) is 13.1 Å². The fourth-order valence-electron chi connectivity index (χ4n) is 3.99. The standard InChI is InChI=1S/C23H21N5OS/c30-23-26-21(19-6-1-2-10-25-19)22(28(23)15-17-8-11-24-12-9-17)20-7-3-13-27(20)16-18-5-4-14-29-18/h1-14,21-22H,15-16H2,(H,26,30)/t21-,22+/m0/s1. The molecule has 0 aromatic carbocycles. The molecule has 7 heteroatoms. The maximum absolute atomic E-state index is 5.77. The van der Waals surface area contributed by atoms with Crippen molar-refractivity contribution in [2.75, 3.05) is 0 Å². The quantitative estimate of drug-likeness (QED) is 0.479. The van der Waals surface area contributed by atoms with Crippen molar-refractivity contribution in [1.29, 1.82) is 0 Å². The Bertz CT molecular complexity index is 1110. The van der Waals surface area contributed by atoms with Crippen molar-refractivity contribution in [3.8, 4) is 0 Å². The summed E-state index contributed by atoms with van der Waals surface area (Å²) in [6.45, 7) is 1.35. The number of hydrogen-bond donors (Lipinski definition) is 1. The van der Waals surface area contributed by atoms with Crippen molar-refractivity contribution < 1.29 is 4.42 Å². The van der Waals surface area contributed by atoms with Gasteiger partial charge in [0.05, 0.1) is 30.6 Å². The van der Waals surface area contributed by atoms with E-state index in [-0.39, 0.29) is 12.1 Å². The Balaban J connectivity index is 1.54. The third-order valence-corrected chi connectivity index (χ3v) is 5.73. The van der Waals surface area contributed by atoms with Gasteiger partial charge in [-0.2, -0.15) is 0 Å². The van der Waals surface area contributed by atoms with Crippen LogP contribution in [0.25, 0.3) is 0 Å². The fraction of sp³-hybridized carbons (Fsp3) is 0.174. The van der Waals surface area contributed by atoms with Crippen LogP contribution >= 0.6 is 12.2 Å². The van der Waals surface area contributed by atoms with Crippen molar-refractivity contribution >= 4 is 17.3 Å². The number of furan rings is 1. The van der Waals surface area contributed by atoms with Crippen LogP contribution in [0.4, 0.5) is 0 Å². The molecular formula is C23H21N5OS. The molecule has 150 valence electrons. The second-order valence-corrected chi connectivity index (χ2v) is 7.64. The van der Waals surface area contributed by atoms with E-state index < -0.39 is 0 Å². The number of rotatable bonds is 6. The third kappa shape index (κ3) is 3.59. The Labute approximate surface area is 180 Å². The first-order valence-electron chi connectivity index (χ1n) is 9.84. The third-order valence-electron chi connectivity index (χ3n) is 5.37. The van der Waals surface area contributed by atoms with E-state index in [1.54, 1.807) is 6.26 Å². The normalized spacial score (nSPS) is 18.5. The summed E-state index contributed by atoms with van der Waals surface area (Å²) in [7, 11) is 0. The van der Waals surface area contributed by atoms with Crippen molar-refractivity contribution in [2.45, 2.75) is 25.2 Å². The van der Waals surface area contributed by atoms with Crippen LogP contribution in [0.1, 0.15) is 34.8 Å². The zero-order valence-corrected chi connectivity index (χ0v) is 17.1. The molecule has 6 nitrogen and oxygen atoms in total. The summed E-state index contributed by atoms with van der Waals surface area (Å²) >= 11 is 5.77. The highest BCUT2D eigenvalue weighted by Crippen LogP contribution is 2.39. The first kappa shape index (κ1) is 18.6. The van der Waals surface area contributed by atoms with Gasteiger partial charge < -0.3 is 19.2 Å². The fourth-order valence-corrected chi connectivity index (χ4v) is 4.30. The van der Waals surface area contributed by atoms with Gasteiger partial charge in [-0.15, -0.1) is 0 Å².